The maximum atomic E-state index is 12.3. The van der Waals surface area contributed by atoms with Crippen LogP contribution in [-0.4, -0.2) is 12.5 Å². The number of fused-ring (bicyclic) bond motifs is 1. The van der Waals surface area contributed by atoms with E-state index in [-0.39, 0.29) is 11.9 Å². The van der Waals surface area contributed by atoms with Crippen LogP contribution in [0, 0.1) is 13.8 Å². The highest BCUT2D eigenvalue weighted by molar-refractivity contribution is 5.81. The molecular formula is C20H24N2O. The van der Waals surface area contributed by atoms with Crippen LogP contribution in [0.25, 0.3) is 0 Å². The Morgan fingerprint density at radius 1 is 1.17 bits per heavy atom. The average molecular weight is 308 g/mol. The molecule has 3 rings (SSSR count). The largest absolute Gasteiger partial charge is 0.376 e. The van der Waals surface area contributed by atoms with E-state index < -0.39 is 0 Å². The van der Waals surface area contributed by atoms with Gasteiger partial charge in [0.1, 0.15) is 0 Å². The second-order valence-electron chi connectivity index (χ2n) is 6.38. The third-order valence-electron chi connectivity index (χ3n) is 4.53. The van der Waals surface area contributed by atoms with E-state index in [4.69, 9.17) is 0 Å². The molecule has 0 aromatic heterocycles. The van der Waals surface area contributed by atoms with Gasteiger partial charge in [0.2, 0.25) is 5.91 Å². The van der Waals surface area contributed by atoms with Gasteiger partial charge in [-0.05, 0) is 55.9 Å². The molecule has 0 fully saturated rings. The van der Waals surface area contributed by atoms with Gasteiger partial charge in [-0.2, -0.15) is 0 Å². The van der Waals surface area contributed by atoms with Gasteiger partial charge in [0.05, 0.1) is 12.6 Å². The molecule has 0 bridgehead atoms. The molecule has 1 unspecified atom stereocenters. The Morgan fingerprint density at radius 2 is 2.00 bits per heavy atom. The molecule has 120 valence electrons. The number of hydrogen-bond donors (Lipinski definition) is 2. The minimum absolute atomic E-state index is 0.0479. The maximum absolute atomic E-state index is 12.3. The predicted molar refractivity (Wildman–Crippen MR) is 94.7 cm³/mol. The second-order valence-corrected chi connectivity index (χ2v) is 6.38. The van der Waals surface area contributed by atoms with Crippen LogP contribution in [0.3, 0.4) is 0 Å². The molecule has 0 saturated carbocycles. The van der Waals surface area contributed by atoms with E-state index in [9.17, 15) is 4.79 Å². The van der Waals surface area contributed by atoms with E-state index >= 15 is 0 Å². The monoisotopic (exact) mass is 308 g/mol. The summed E-state index contributed by atoms with van der Waals surface area (Å²) in [5.74, 6) is 0.0479. The smallest absolute Gasteiger partial charge is 0.239 e. The number of aryl methyl sites for hydroxylation is 3. The van der Waals surface area contributed by atoms with Crippen molar-refractivity contribution in [1.82, 2.24) is 5.32 Å². The Kier molecular flexibility index (Phi) is 4.65. The maximum Gasteiger partial charge on any atom is 0.239 e. The highest BCUT2D eigenvalue weighted by Gasteiger charge is 2.21. The Labute approximate surface area is 138 Å². The van der Waals surface area contributed by atoms with Crippen molar-refractivity contribution in [3.8, 4) is 0 Å². The standard InChI is InChI=1S/C20H24N2O/c1-14-10-11-18(15(2)12-14)21-13-20(23)22-19-9-5-7-16-6-3-4-8-17(16)19/h3-4,6,8,10-12,19,21H,5,7,9,13H2,1-2H3,(H,22,23). The molecule has 0 aliphatic heterocycles. The van der Waals surface area contributed by atoms with Crippen LogP contribution in [0.4, 0.5) is 5.69 Å². The lowest BCUT2D eigenvalue weighted by atomic mass is 9.88. The van der Waals surface area contributed by atoms with Crippen molar-refractivity contribution < 1.29 is 4.79 Å². The third kappa shape index (κ3) is 3.73. The van der Waals surface area contributed by atoms with Gasteiger partial charge in [-0.3, -0.25) is 4.79 Å². The van der Waals surface area contributed by atoms with Crippen molar-refractivity contribution in [2.45, 2.75) is 39.2 Å². The van der Waals surface area contributed by atoms with E-state index in [1.54, 1.807) is 0 Å². The number of carbonyl (C=O) groups is 1. The molecule has 3 heteroatoms. The lowest BCUT2D eigenvalue weighted by Crippen LogP contribution is -2.35. The summed E-state index contributed by atoms with van der Waals surface area (Å²) in [6.45, 7) is 4.44. The van der Waals surface area contributed by atoms with E-state index in [2.05, 4.69) is 60.9 Å². The molecule has 23 heavy (non-hydrogen) atoms. The summed E-state index contributed by atoms with van der Waals surface area (Å²) < 4.78 is 0. The molecule has 0 saturated heterocycles. The highest BCUT2D eigenvalue weighted by Crippen LogP contribution is 2.29. The normalized spacial score (nSPS) is 16.5. The molecule has 0 heterocycles. The summed E-state index contributed by atoms with van der Waals surface area (Å²) in [6.07, 6.45) is 3.27. The van der Waals surface area contributed by atoms with Crippen molar-refractivity contribution in [3.63, 3.8) is 0 Å². The fourth-order valence-corrected chi connectivity index (χ4v) is 3.34. The van der Waals surface area contributed by atoms with Gasteiger partial charge in [0.25, 0.3) is 0 Å². The summed E-state index contributed by atoms with van der Waals surface area (Å²) in [7, 11) is 0. The highest BCUT2D eigenvalue weighted by atomic mass is 16.1. The van der Waals surface area contributed by atoms with E-state index in [1.807, 2.05) is 6.07 Å². The minimum Gasteiger partial charge on any atom is -0.376 e. The van der Waals surface area contributed by atoms with Crippen molar-refractivity contribution in [3.05, 3.63) is 64.7 Å². The van der Waals surface area contributed by atoms with Crippen molar-refractivity contribution >= 4 is 11.6 Å². The number of benzene rings is 2. The van der Waals surface area contributed by atoms with Crippen LogP contribution in [0.5, 0.6) is 0 Å². The van der Waals surface area contributed by atoms with Crippen LogP contribution in [0.2, 0.25) is 0 Å². The molecule has 3 nitrogen and oxygen atoms in total. The number of anilines is 1. The van der Waals surface area contributed by atoms with Crippen LogP contribution in [0.15, 0.2) is 42.5 Å². The Hall–Kier alpha value is -2.29. The topological polar surface area (TPSA) is 41.1 Å². The number of rotatable bonds is 4. The zero-order valence-corrected chi connectivity index (χ0v) is 13.9. The van der Waals surface area contributed by atoms with Crippen LogP contribution < -0.4 is 10.6 Å². The molecule has 1 aliphatic carbocycles. The molecule has 1 atom stereocenters. The van der Waals surface area contributed by atoms with Gasteiger partial charge >= 0.3 is 0 Å². The van der Waals surface area contributed by atoms with Crippen molar-refractivity contribution in [1.29, 1.82) is 0 Å². The summed E-state index contributed by atoms with van der Waals surface area (Å²) in [4.78, 5) is 12.3. The van der Waals surface area contributed by atoms with Crippen molar-refractivity contribution in [2.75, 3.05) is 11.9 Å². The molecule has 1 amide bonds. The number of hydrogen-bond acceptors (Lipinski definition) is 2. The fourth-order valence-electron chi connectivity index (χ4n) is 3.34. The summed E-state index contributed by atoms with van der Waals surface area (Å²) in [6, 6.07) is 14.8. The van der Waals surface area contributed by atoms with Crippen molar-refractivity contribution in [2.24, 2.45) is 0 Å². The molecule has 2 N–H and O–H groups in total. The first-order valence-electron chi connectivity index (χ1n) is 8.32. The van der Waals surface area contributed by atoms with Gasteiger partial charge < -0.3 is 10.6 Å². The van der Waals surface area contributed by atoms with E-state index in [0.29, 0.717) is 6.54 Å². The van der Waals surface area contributed by atoms with E-state index in [0.717, 1.165) is 24.9 Å². The van der Waals surface area contributed by atoms with Gasteiger partial charge in [0.15, 0.2) is 0 Å². The van der Waals surface area contributed by atoms with Gasteiger partial charge in [0, 0.05) is 5.69 Å². The lowest BCUT2D eigenvalue weighted by Gasteiger charge is -2.26. The van der Waals surface area contributed by atoms with E-state index in [1.165, 1.54) is 22.3 Å². The first-order valence-corrected chi connectivity index (χ1v) is 8.32. The fraction of sp³-hybridized carbons (Fsp3) is 0.350. The predicted octanol–water partition coefficient (Wildman–Crippen LogP) is 3.91. The Bertz CT molecular complexity index is 709. The first-order chi connectivity index (χ1) is 11.1. The summed E-state index contributed by atoms with van der Waals surface area (Å²) >= 11 is 0. The third-order valence-corrected chi connectivity index (χ3v) is 4.53. The van der Waals surface area contributed by atoms with Gasteiger partial charge in [-0.25, -0.2) is 0 Å². The summed E-state index contributed by atoms with van der Waals surface area (Å²) in [5, 5.41) is 6.42. The zero-order valence-electron chi connectivity index (χ0n) is 13.9. The molecule has 0 spiro atoms. The molecule has 2 aromatic rings. The molecule has 1 aliphatic rings. The number of nitrogens with one attached hydrogen (secondary N) is 2. The summed E-state index contributed by atoms with van der Waals surface area (Å²) in [5.41, 5.74) is 6.07. The van der Waals surface area contributed by atoms with Gasteiger partial charge in [-0.1, -0.05) is 42.0 Å². The average Bonchev–Trinajstić information content (AvgIpc) is 2.54. The molecular weight excluding hydrogens is 284 g/mol. The molecule has 0 radical (unpaired) electrons. The minimum atomic E-state index is 0.0479. The first kappa shape index (κ1) is 15.6. The lowest BCUT2D eigenvalue weighted by molar-refractivity contribution is -0.120. The van der Waals surface area contributed by atoms with Crippen LogP contribution in [-0.2, 0) is 11.2 Å². The second kappa shape index (κ2) is 6.86. The number of amides is 1. The Morgan fingerprint density at radius 3 is 2.83 bits per heavy atom. The van der Waals surface area contributed by atoms with Gasteiger partial charge in [-0.15, -0.1) is 0 Å². The van der Waals surface area contributed by atoms with Crippen LogP contribution in [0.1, 0.15) is 41.1 Å². The zero-order chi connectivity index (χ0) is 16.2. The molecule has 2 aromatic carbocycles. The number of carbonyl (C=O) groups excluding carboxylic acids is 1. The SMILES string of the molecule is Cc1ccc(NCC(=O)NC2CCCc3ccccc32)c(C)c1. The quantitative estimate of drug-likeness (QED) is 0.899. The Balaban J connectivity index is 1.60. The van der Waals surface area contributed by atoms with Crippen LogP contribution >= 0.6 is 0 Å².